The molecule has 3 aromatic heterocycles. The summed E-state index contributed by atoms with van der Waals surface area (Å²) in [4.78, 5) is 36.7. The van der Waals surface area contributed by atoms with E-state index in [4.69, 9.17) is 16.7 Å². The zero-order valence-corrected chi connectivity index (χ0v) is 18.3. The van der Waals surface area contributed by atoms with Crippen molar-refractivity contribution < 1.29 is 14.7 Å². The molecular formula is C20H23ClN4O4S. The van der Waals surface area contributed by atoms with Crippen LogP contribution in [-0.4, -0.2) is 37.2 Å². The summed E-state index contributed by atoms with van der Waals surface area (Å²) in [5.41, 5.74) is 0.991. The van der Waals surface area contributed by atoms with Gasteiger partial charge in [-0.3, -0.25) is 18.8 Å². The molecule has 0 spiro atoms. The highest BCUT2D eigenvalue weighted by molar-refractivity contribution is 7.22. The lowest BCUT2D eigenvalue weighted by Crippen LogP contribution is -2.42. The molecule has 30 heavy (non-hydrogen) atoms. The van der Waals surface area contributed by atoms with Gasteiger partial charge >= 0.3 is 5.97 Å². The zero-order valence-electron chi connectivity index (χ0n) is 16.7. The molecule has 2 N–H and O–H groups in total. The number of fused-ring (bicyclic) bond motifs is 3. The number of carboxylic acids is 1. The molecule has 0 radical (unpaired) electrons. The number of amides is 1. The van der Waals surface area contributed by atoms with Gasteiger partial charge in [0, 0.05) is 12.0 Å². The predicted molar refractivity (Wildman–Crippen MR) is 115 cm³/mol. The van der Waals surface area contributed by atoms with Crippen LogP contribution in [0.25, 0.3) is 15.7 Å². The van der Waals surface area contributed by atoms with Crippen molar-refractivity contribution in [3.05, 3.63) is 32.6 Å². The number of aromatic nitrogens is 3. The number of thiophene rings is 1. The van der Waals surface area contributed by atoms with Crippen molar-refractivity contribution in [1.29, 1.82) is 0 Å². The predicted octanol–water partition coefficient (Wildman–Crippen LogP) is 3.25. The fourth-order valence-electron chi connectivity index (χ4n) is 4.09. The Hall–Kier alpha value is -2.39. The number of rotatable bonds is 5. The van der Waals surface area contributed by atoms with E-state index in [0.717, 1.165) is 10.2 Å². The lowest BCUT2D eigenvalue weighted by atomic mass is 9.86. The number of carbonyl (C=O) groups excluding carboxylic acids is 1. The van der Waals surface area contributed by atoms with E-state index in [1.807, 2.05) is 24.3 Å². The van der Waals surface area contributed by atoms with Crippen LogP contribution < -0.4 is 10.9 Å². The number of nitrogens with zero attached hydrogens (tertiary/aromatic N) is 3. The molecule has 160 valence electrons. The summed E-state index contributed by atoms with van der Waals surface area (Å²) in [5, 5.41) is 16.5. The third-order valence-corrected chi connectivity index (χ3v) is 6.82. The van der Waals surface area contributed by atoms with Crippen molar-refractivity contribution in [1.82, 2.24) is 19.5 Å². The molecule has 4 rings (SSSR count). The van der Waals surface area contributed by atoms with Crippen LogP contribution in [0.4, 0.5) is 0 Å². The summed E-state index contributed by atoms with van der Waals surface area (Å²) in [6, 6.07) is 3.55. The number of hydrogen-bond donors (Lipinski definition) is 2. The molecule has 1 amide bonds. The largest absolute Gasteiger partial charge is 0.481 e. The van der Waals surface area contributed by atoms with Crippen molar-refractivity contribution in [2.45, 2.75) is 58.0 Å². The Bertz CT molecular complexity index is 1190. The Morgan fingerprint density at radius 1 is 1.27 bits per heavy atom. The minimum atomic E-state index is -0.779. The average Bonchev–Trinajstić information content (AvgIpc) is 3.20. The highest BCUT2D eigenvalue weighted by Gasteiger charge is 2.27. The van der Waals surface area contributed by atoms with Crippen LogP contribution in [0.3, 0.4) is 0 Å². The lowest BCUT2D eigenvalue weighted by molar-refractivity contribution is -0.142. The van der Waals surface area contributed by atoms with Gasteiger partial charge in [-0.25, -0.2) is 4.68 Å². The standard InChI is InChI=1S/C20H23ClN4O4S/c1-10(2)18-23-24(9-17(26)22-12-5-3-11(4-6-12)20(28)29)19(27)14-7-15-13(25(14)18)8-16(21)30-15/h7-8,10-12H,3-6,9H2,1-2H3,(H,22,26)(H,28,29)/t11-,12+. The fraction of sp³-hybridized carbons (Fsp3) is 0.500. The third-order valence-electron chi connectivity index (χ3n) is 5.62. The second-order valence-corrected chi connectivity index (χ2v) is 9.81. The van der Waals surface area contributed by atoms with Gasteiger partial charge in [0.2, 0.25) is 5.91 Å². The molecule has 0 atom stereocenters. The van der Waals surface area contributed by atoms with Crippen molar-refractivity contribution in [2.75, 3.05) is 0 Å². The molecular weight excluding hydrogens is 428 g/mol. The summed E-state index contributed by atoms with van der Waals surface area (Å²) >= 11 is 7.53. The summed E-state index contributed by atoms with van der Waals surface area (Å²) in [5.74, 6) is -0.695. The third kappa shape index (κ3) is 3.83. The summed E-state index contributed by atoms with van der Waals surface area (Å²) in [6.45, 7) is 3.79. The van der Waals surface area contributed by atoms with E-state index in [-0.39, 0.29) is 35.9 Å². The number of carboxylic acid groups (broad SMARTS) is 1. The second kappa shape index (κ2) is 8.03. The van der Waals surface area contributed by atoms with Crippen molar-refractivity contribution in [2.24, 2.45) is 5.92 Å². The monoisotopic (exact) mass is 450 g/mol. The van der Waals surface area contributed by atoms with Crippen molar-refractivity contribution in [3.8, 4) is 0 Å². The lowest BCUT2D eigenvalue weighted by Gasteiger charge is -2.26. The van der Waals surface area contributed by atoms with Gasteiger partial charge in [0.25, 0.3) is 5.56 Å². The molecule has 0 aromatic carbocycles. The normalized spacial score (nSPS) is 19.6. The van der Waals surface area contributed by atoms with Gasteiger partial charge in [-0.15, -0.1) is 11.3 Å². The van der Waals surface area contributed by atoms with Crippen LogP contribution in [0.2, 0.25) is 4.34 Å². The number of halogens is 1. The van der Waals surface area contributed by atoms with E-state index >= 15 is 0 Å². The average molecular weight is 451 g/mol. The number of hydrogen-bond acceptors (Lipinski definition) is 5. The van der Waals surface area contributed by atoms with E-state index in [2.05, 4.69) is 10.4 Å². The quantitative estimate of drug-likeness (QED) is 0.620. The molecule has 1 aliphatic rings. The first kappa shape index (κ1) is 20.9. The van der Waals surface area contributed by atoms with E-state index in [9.17, 15) is 14.4 Å². The van der Waals surface area contributed by atoms with Crippen LogP contribution in [0.5, 0.6) is 0 Å². The van der Waals surface area contributed by atoms with Gasteiger partial charge < -0.3 is 10.4 Å². The Morgan fingerprint density at radius 3 is 2.60 bits per heavy atom. The van der Waals surface area contributed by atoms with E-state index in [1.54, 1.807) is 6.07 Å². The summed E-state index contributed by atoms with van der Waals surface area (Å²) in [6.07, 6.45) is 2.34. The fourth-order valence-corrected chi connectivity index (χ4v) is 5.25. The molecule has 0 bridgehead atoms. The molecule has 0 aliphatic heterocycles. The molecule has 1 saturated carbocycles. The Labute approximate surface area is 181 Å². The van der Waals surface area contributed by atoms with Gasteiger partial charge in [0.1, 0.15) is 17.9 Å². The van der Waals surface area contributed by atoms with Crippen LogP contribution in [0.15, 0.2) is 16.9 Å². The number of nitrogens with one attached hydrogen (secondary N) is 1. The van der Waals surface area contributed by atoms with Gasteiger partial charge in [-0.1, -0.05) is 25.4 Å². The van der Waals surface area contributed by atoms with Crippen molar-refractivity contribution in [3.63, 3.8) is 0 Å². The SMILES string of the molecule is CC(C)c1nn(CC(=O)N[C@H]2CC[C@@H](C(=O)O)CC2)c(=O)c2cc3sc(Cl)cc3n12. The highest BCUT2D eigenvalue weighted by atomic mass is 35.5. The molecule has 8 nitrogen and oxygen atoms in total. The Kier molecular flexibility index (Phi) is 5.59. The topological polar surface area (TPSA) is 106 Å². The van der Waals surface area contributed by atoms with Crippen LogP contribution in [0.1, 0.15) is 51.3 Å². The van der Waals surface area contributed by atoms with Crippen LogP contribution in [0, 0.1) is 5.92 Å². The first-order valence-electron chi connectivity index (χ1n) is 9.98. The van der Waals surface area contributed by atoms with E-state index < -0.39 is 5.97 Å². The first-order valence-corrected chi connectivity index (χ1v) is 11.2. The Balaban J connectivity index is 1.58. The van der Waals surface area contributed by atoms with E-state index in [0.29, 0.717) is 41.4 Å². The van der Waals surface area contributed by atoms with E-state index in [1.165, 1.54) is 16.0 Å². The first-order chi connectivity index (χ1) is 14.2. The molecule has 3 aromatic rings. The molecule has 3 heterocycles. The second-order valence-electron chi connectivity index (χ2n) is 8.09. The molecule has 1 aliphatic carbocycles. The molecule has 1 fully saturated rings. The maximum Gasteiger partial charge on any atom is 0.306 e. The minimum Gasteiger partial charge on any atom is -0.481 e. The molecule has 0 saturated heterocycles. The van der Waals surface area contributed by atoms with Crippen molar-refractivity contribution >= 4 is 50.5 Å². The van der Waals surface area contributed by atoms with Crippen LogP contribution in [-0.2, 0) is 16.1 Å². The highest BCUT2D eigenvalue weighted by Crippen LogP contribution is 2.32. The summed E-state index contributed by atoms with van der Waals surface area (Å²) < 4.78 is 4.59. The minimum absolute atomic E-state index is 0.0305. The van der Waals surface area contributed by atoms with Gasteiger partial charge in [0.15, 0.2) is 0 Å². The maximum absolute atomic E-state index is 13.0. The zero-order chi connectivity index (χ0) is 21.6. The van der Waals surface area contributed by atoms with Gasteiger partial charge in [-0.2, -0.15) is 5.10 Å². The summed E-state index contributed by atoms with van der Waals surface area (Å²) in [7, 11) is 0. The van der Waals surface area contributed by atoms with Crippen LogP contribution >= 0.6 is 22.9 Å². The molecule has 10 heteroatoms. The molecule has 0 unspecified atom stereocenters. The maximum atomic E-state index is 13.0. The van der Waals surface area contributed by atoms with Gasteiger partial charge in [-0.05, 0) is 37.8 Å². The Morgan fingerprint density at radius 2 is 1.97 bits per heavy atom. The van der Waals surface area contributed by atoms with Gasteiger partial charge in [0.05, 0.1) is 20.5 Å². The number of carbonyl (C=O) groups is 2. The smallest absolute Gasteiger partial charge is 0.306 e. The number of aliphatic carboxylic acids is 1.